The fourth-order valence-electron chi connectivity index (χ4n) is 6.08. The molecular formula is C37H32ClF4N7O7S. The van der Waals surface area contributed by atoms with Crippen molar-refractivity contribution in [1.82, 2.24) is 29.6 Å². The van der Waals surface area contributed by atoms with Gasteiger partial charge in [-0.25, -0.2) is 35.8 Å². The van der Waals surface area contributed by atoms with Crippen LogP contribution in [0.1, 0.15) is 45.1 Å². The zero-order chi connectivity index (χ0) is 41.7. The first kappa shape index (κ1) is 40.6. The number of nitrogens with one attached hydrogen (secondary N) is 1. The van der Waals surface area contributed by atoms with E-state index in [2.05, 4.69) is 20.4 Å². The van der Waals surface area contributed by atoms with Crippen molar-refractivity contribution in [2.75, 3.05) is 10.6 Å². The first-order valence-corrected chi connectivity index (χ1v) is 19.0. The molecule has 0 saturated heterocycles. The summed E-state index contributed by atoms with van der Waals surface area (Å²) in [7, 11) is -2.87. The Hall–Kier alpha value is -6.08. The van der Waals surface area contributed by atoms with Gasteiger partial charge in [-0.3, -0.25) is 18.8 Å². The molecule has 14 nitrogen and oxygen atoms in total. The third-order valence-electron chi connectivity index (χ3n) is 8.15. The van der Waals surface area contributed by atoms with E-state index in [1.54, 1.807) is 20.8 Å². The third kappa shape index (κ3) is 8.53. The number of rotatable bonds is 9. The molecule has 3 heterocycles. The molecule has 1 N–H and O–H groups in total. The fourth-order valence-corrected chi connectivity index (χ4v) is 7.23. The standard InChI is InChI=1S/C37H32ClF4N7O7S/c1-18(50)49(57(6,53)54)34-30-24(38)9-10-27(31(30)47(5)46-34)48-33(26(43-36(52)56-37(2,3)4)15-19-13-21(40)16-22(41)14-19)45-32-23(35(48)51)8-12-29(44-32)55-28-11-7-20(39)17-25(28)42/h7-14,16-17,26H,15H2,1-6H3,(H,43,52)/t26-/m0/s1. The smallest absolute Gasteiger partial charge is 0.408 e. The number of carbonyl (C=O) groups is 2. The Balaban J connectivity index is 1.67. The number of carbonyl (C=O) groups excluding carboxylic acids is 2. The van der Waals surface area contributed by atoms with Crippen LogP contribution in [0.25, 0.3) is 27.6 Å². The molecule has 0 aliphatic rings. The van der Waals surface area contributed by atoms with Gasteiger partial charge in [-0.15, -0.1) is 0 Å². The van der Waals surface area contributed by atoms with Crippen molar-refractivity contribution in [3.05, 3.63) is 111 Å². The lowest BCUT2D eigenvalue weighted by molar-refractivity contribution is -0.115. The van der Waals surface area contributed by atoms with Crippen LogP contribution in [-0.2, 0) is 33.0 Å². The number of hydrogen-bond acceptors (Lipinski definition) is 10. The van der Waals surface area contributed by atoms with Crippen LogP contribution >= 0.6 is 11.6 Å². The van der Waals surface area contributed by atoms with Gasteiger partial charge < -0.3 is 14.8 Å². The van der Waals surface area contributed by atoms with Crippen LogP contribution in [0.15, 0.2) is 65.5 Å². The van der Waals surface area contributed by atoms with E-state index in [1.165, 1.54) is 36.0 Å². The van der Waals surface area contributed by atoms with Gasteiger partial charge >= 0.3 is 6.09 Å². The molecule has 0 bridgehead atoms. The highest BCUT2D eigenvalue weighted by Gasteiger charge is 2.32. The molecular weight excluding hydrogens is 798 g/mol. The Morgan fingerprint density at radius 2 is 1.65 bits per heavy atom. The Morgan fingerprint density at radius 3 is 2.26 bits per heavy atom. The first-order valence-electron chi connectivity index (χ1n) is 16.8. The van der Waals surface area contributed by atoms with E-state index in [4.69, 9.17) is 21.1 Å². The topological polar surface area (TPSA) is 168 Å². The lowest BCUT2D eigenvalue weighted by atomic mass is 10.0. The molecule has 0 saturated carbocycles. The minimum Gasteiger partial charge on any atom is -0.444 e. The number of aromatic nitrogens is 5. The number of aryl methyl sites for hydroxylation is 1. The molecule has 0 spiro atoms. The van der Waals surface area contributed by atoms with Crippen molar-refractivity contribution >= 4 is 61.4 Å². The minimum absolute atomic E-state index is 0.0145. The van der Waals surface area contributed by atoms with Gasteiger partial charge in [0.05, 0.1) is 39.3 Å². The minimum atomic E-state index is -4.27. The van der Waals surface area contributed by atoms with E-state index in [0.29, 0.717) is 16.4 Å². The maximum Gasteiger partial charge on any atom is 0.408 e. The number of sulfonamides is 1. The van der Waals surface area contributed by atoms with E-state index in [0.717, 1.165) is 42.0 Å². The molecule has 2 amide bonds. The summed E-state index contributed by atoms with van der Waals surface area (Å²) in [6.45, 7) is 5.78. The molecule has 0 aliphatic carbocycles. The molecule has 57 heavy (non-hydrogen) atoms. The van der Waals surface area contributed by atoms with Gasteiger partial charge in [0.2, 0.25) is 21.8 Å². The van der Waals surface area contributed by atoms with Gasteiger partial charge in [0.25, 0.3) is 5.56 Å². The highest BCUT2D eigenvalue weighted by Crippen LogP contribution is 2.38. The summed E-state index contributed by atoms with van der Waals surface area (Å²) in [6.07, 6.45) is -0.626. The van der Waals surface area contributed by atoms with Crippen molar-refractivity contribution in [2.24, 2.45) is 7.05 Å². The largest absolute Gasteiger partial charge is 0.444 e. The Kier molecular flexibility index (Phi) is 10.8. The van der Waals surface area contributed by atoms with Crippen LogP contribution in [0.3, 0.4) is 0 Å². The molecule has 0 aliphatic heterocycles. The summed E-state index contributed by atoms with van der Waals surface area (Å²) in [4.78, 5) is 49.8. The second-order valence-electron chi connectivity index (χ2n) is 13.8. The highest BCUT2D eigenvalue weighted by molar-refractivity contribution is 7.92. The van der Waals surface area contributed by atoms with Crippen molar-refractivity contribution in [3.63, 3.8) is 0 Å². The number of alkyl carbamates (subject to hydrolysis) is 1. The molecule has 0 radical (unpaired) electrons. The lowest BCUT2D eigenvalue weighted by Crippen LogP contribution is -2.39. The number of amides is 2. The average Bonchev–Trinajstić information content (AvgIpc) is 3.40. The number of benzene rings is 3. The molecule has 6 rings (SSSR count). The molecule has 298 valence electrons. The van der Waals surface area contributed by atoms with Gasteiger partial charge in [-0.1, -0.05) is 11.6 Å². The van der Waals surface area contributed by atoms with Crippen molar-refractivity contribution in [1.29, 1.82) is 0 Å². The fraction of sp³-hybridized carbons (Fsp3) is 0.243. The number of nitrogens with zero attached hydrogens (tertiary/aromatic N) is 6. The summed E-state index contributed by atoms with van der Waals surface area (Å²) in [6, 6.07) is 8.97. The van der Waals surface area contributed by atoms with Crippen LogP contribution in [0, 0.1) is 23.3 Å². The van der Waals surface area contributed by atoms with Gasteiger partial charge in [0.1, 0.15) is 28.9 Å². The van der Waals surface area contributed by atoms with Crippen LogP contribution in [0.2, 0.25) is 5.02 Å². The van der Waals surface area contributed by atoms with E-state index < -0.39 is 74.7 Å². The molecule has 3 aromatic carbocycles. The molecule has 20 heteroatoms. The van der Waals surface area contributed by atoms with Crippen LogP contribution in [-0.4, -0.2) is 56.6 Å². The zero-order valence-electron chi connectivity index (χ0n) is 30.9. The average molecular weight is 830 g/mol. The van der Waals surface area contributed by atoms with E-state index in [-0.39, 0.29) is 55.7 Å². The maximum atomic E-state index is 14.8. The number of pyridine rings is 1. The highest BCUT2D eigenvalue weighted by atomic mass is 35.5. The number of anilines is 1. The van der Waals surface area contributed by atoms with Gasteiger partial charge in [-0.2, -0.15) is 14.4 Å². The predicted octanol–water partition coefficient (Wildman–Crippen LogP) is 6.79. The number of ether oxygens (including phenoxy) is 2. The Labute approximate surface area is 326 Å². The molecule has 1 atom stereocenters. The van der Waals surface area contributed by atoms with Crippen molar-refractivity contribution < 1.29 is 45.0 Å². The summed E-state index contributed by atoms with van der Waals surface area (Å²) >= 11 is 6.64. The molecule has 6 aromatic rings. The summed E-state index contributed by atoms with van der Waals surface area (Å²) in [5, 5.41) is 6.63. The summed E-state index contributed by atoms with van der Waals surface area (Å²) < 4.78 is 96.5. The van der Waals surface area contributed by atoms with Gasteiger partial charge in [0, 0.05) is 38.6 Å². The van der Waals surface area contributed by atoms with Gasteiger partial charge in [-0.05, 0) is 68.8 Å². The Bertz CT molecular complexity index is 2770. The van der Waals surface area contributed by atoms with Crippen molar-refractivity contribution in [3.8, 4) is 17.3 Å². The Morgan fingerprint density at radius 1 is 0.965 bits per heavy atom. The second-order valence-corrected chi connectivity index (χ2v) is 16.0. The van der Waals surface area contributed by atoms with Crippen LogP contribution < -0.4 is 19.9 Å². The van der Waals surface area contributed by atoms with Gasteiger partial charge in [0.15, 0.2) is 23.0 Å². The summed E-state index contributed by atoms with van der Waals surface area (Å²) in [5.41, 5.74) is -2.19. The normalized spacial score (nSPS) is 12.5. The van der Waals surface area contributed by atoms with E-state index in [1.807, 2.05) is 0 Å². The van der Waals surface area contributed by atoms with Crippen LogP contribution in [0.4, 0.5) is 28.2 Å². The molecule has 0 unspecified atom stereocenters. The van der Waals surface area contributed by atoms with Crippen molar-refractivity contribution in [2.45, 2.75) is 45.8 Å². The first-order chi connectivity index (χ1) is 26.6. The third-order valence-corrected chi connectivity index (χ3v) is 9.56. The monoisotopic (exact) mass is 829 g/mol. The quantitative estimate of drug-likeness (QED) is 0.153. The zero-order valence-corrected chi connectivity index (χ0v) is 32.5. The number of fused-ring (bicyclic) bond motifs is 2. The lowest BCUT2D eigenvalue weighted by Gasteiger charge is -2.26. The maximum absolute atomic E-state index is 14.8. The van der Waals surface area contributed by atoms with Crippen LogP contribution in [0.5, 0.6) is 11.6 Å². The van der Waals surface area contributed by atoms with E-state index >= 15 is 0 Å². The molecule has 3 aromatic heterocycles. The number of halogens is 5. The molecule has 0 fully saturated rings. The SMILES string of the molecule is CC(=O)N(c1nn(C)c2c(-n3c([C@H](Cc4cc(F)cc(F)c4)NC(=O)OC(C)(C)C)nc4nc(Oc5ccc(F)cc5F)ccc4c3=O)ccc(Cl)c12)S(C)(=O)=O. The number of hydrogen-bond donors (Lipinski definition) is 1. The predicted molar refractivity (Wildman–Crippen MR) is 201 cm³/mol. The van der Waals surface area contributed by atoms with E-state index in [9.17, 15) is 40.4 Å². The summed E-state index contributed by atoms with van der Waals surface area (Å²) in [5.74, 6) is -6.08. The second kappa shape index (κ2) is 15.1.